The molecule has 6 nitrogen and oxygen atoms in total. The summed E-state index contributed by atoms with van der Waals surface area (Å²) < 4.78 is 1.87. The van der Waals surface area contributed by atoms with E-state index in [0.29, 0.717) is 17.8 Å². The Morgan fingerprint density at radius 3 is 2.43 bits per heavy atom. The topological polar surface area (TPSA) is 90.7 Å². The van der Waals surface area contributed by atoms with Crippen LogP contribution in [0.2, 0.25) is 0 Å². The summed E-state index contributed by atoms with van der Waals surface area (Å²) in [4.78, 5) is 27.9. The maximum absolute atomic E-state index is 12.9. The van der Waals surface area contributed by atoms with E-state index in [1.54, 1.807) is 11.9 Å². The molecule has 0 spiro atoms. The molecule has 160 valence electrons. The van der Waals surface area contributed by atoms with Crippen LogP contribution >= 0.6 is 23.3 Å². The van der Waals surface area contributed by atoms with Crippen LogP contribution in [0.1, 0.15) is 94.2 Å². The fraction of sp³-hybridized carbons (Fsp3) is 0.750. The lowest BCUT2D eigenvalue weighted by molar-refractivity contribution is -0.128. The highest BCUT2D eigenvalue weighted by Gasteiger charge is 2.30. The molecule has 2 unspecified atom stereocenters. The molecule has 0 radical (unpaired) electrons. The van der Waals surface area contributed by atoms with Gasteiger partial charge < -0.3 is 10.2 Å². The number of thiazole rings is 1. The number of amides is 1. The molecule has 0 aliphatic carbocycles. The van der Waals surface area contributed by atoms with E-state index in [1.165, 1.54) is 5.38 Å². The van der Waals surface area contributed by atoms with Gasteiger partial charge in [-0.15, -0.1) is 11.3 Å². The van der Waals surface area contributed by atoms with E-state index in [1.807, 2.05) is 4.31 Å². The van der Waals surface area contributed by atoms with Crippen molar-refractivity contribution < 1.29 is 19.8 Å². The number of aromatic carboxylic acids is 1. The average molecular weight is 431 g/mol. The lowest BCUT2D eigenvalue weighted by Gasteiger charge is -2.34. The molecule has 1 amide bonds. The van der Waals surface area contributed by atoms with Crippen molar-refractivity contribution >= 4 is 35.2 Å². The number of carbonyl (C=O) groups excluding carboxylic acids is 1. The first-order valence-electron chi connectivity index (χ1n) is 10.1. The highest BCUT2D eigenvalue weighted by atomic mass is 32.2. The number of aliphatic hydroxyl groups is 1. The van der Waals surface area contributed by atoms with E-state index in [-0.39, 0.29) is 23.6 Å². The van der Waals surface area contributed by atoms with Crippen LogP contribution in [0.25, 0.3) is 0 Å². The molecule has 0 saturated heterocycles. The highest BCUT2D eigenvalue weighted by molar-refractivity contribution is 7.97. The lowest BCUT2D eigenvalue weighted by atomic mass is 9.97. The maximum Gasteiger partial charge on any atom is 0.355 e. The molecule has 1 aromatic rings. The van der Waals surface area contributed by atoms with Gasteiger partial charge in [-0.05, 0) is 30.7 Å². The van der Waals surface area contributed by atoms with Gasteiger partial charge >= 0.3 is 5.97 Å². The summed E-state index contributed by atoms with van der Waals surface area (Å²) in [6.45, 7) is 8.32. The van der Waals surface area contributed by atoms with Gasteiger partial charge in [-0.25, -0.2) is 9.78 Å². The predicted molar refractivity (Wildman–Crippen MR) is 116 cm³/mol. The standard InChI is InChI=1S/C20H34N2O4S2/c1-5-7-9-11-28-22(18(24)10-8-6-2)16(14(3)4)12-17(23)19-21-15(13-27-19)20(25)26/h13-14,16-17,23H,5-12H2,1-4H3,(H,25,26). The molecule has 1 rings (SSSR count). The minimum absolute atomic E-state index is 0.0510. The second-order valence-corrected chi connectivity index (χ2v) is 9.25. The van der Waals surface area contributed by atoms with Crippen LogP contribution in [0.15, 0.2) is 5.38 Å². The summed E-state index contributed by atoms with van der Waals surface area (Å²) in [7, 11) is 0. The average Bonchev–Trinajstić information content (AvgIpc) is 3.15. The molecule has 0 bridgehead atoms. The van der Waals surface area contributed by atoms with E-state index in [9.17, 15) is 14.7 Å². The maximum atomic E-state index is 12.9. The van der Waals surface area contributed by atoms with Crippen molar-refractivity contribution in [3.05, 3.63) is 16.1 Å². The third-order valence-corrected chi connectivity index (χ3v) is 6.70. The van der Waals surface area contributed by atoms with Crippen molar-refractivity contribution in [2.24, 2.45) is 5.92 Å². The fourth-order valence-corrected chi connectivity index (χ4v) is 4.89. The van der Waals surface area contributed by atoms with E-state index in [0.717, 1.165) is 49.2 Å². The van der Waals surface area contributed by atoms with Crippen LogP contribution in [0.4, 0.5) is 0 Å². The predicted octanol–water partition coefficient (Wildman–Crippen LogP) is 5.15. The van der Waals surface area contributed by atoms with Crippen LogP contribution in [-0.4, -0.2) is 43.2 Å². The van der Waals surface area contributed by atoms with Crippen molar-refractivity contribution in [1.82, 2.24) is 9.29 Å². The second kappa shape index (κ2) is 13.2. The van der Waals surface area contributed by atoms with Gasteiger partial charge in [0.2, 0.25) is 5.91 Å². The van der Waals surface area contributed by atoms with Crippen molar-refractivity contribution in [3.8, 4) is 0 Å². The molecule has 2 atom stereocenters. The van der Waals surface area contributed by atoms with Crippen molar-refractivity contribution in [1.29, 1.82) is 0 Å². The van der Waals surface area contributed by atoms with E-state index in [4.69, 9.17) is 5.11 Å². The first kappa shape index (κ1) is 24.9. The van der Waals surface area contributed by atoms with E-state index < -0.39 is 12.1 Å². The van der Waals surface area contributed by atoms with E-state index in [2.05, 4.69) is 32.7 Å². The third kappa shape index (κ3) is 8.09. The highest BCUT2D eigenvalue weighted by Crippen LogP contribution is 2.31. The number of rotatable bonds is 14. The summed E-state index contributed by atoms with van der Waals surface area (Å²) in [5.74, 6) is 0.0567. The molecular weight excluding hydrogens is 396 g/mol. The molecule has 1 heterocycles. The zero-order chi connectivity index (χ0) is 21.1. The molecule has 1 aromatic heterocycles. The summed E-state index contributed by atoms with van der Waals surface area (Å²) in [6, 6.07) is -0.136. The molecule has 0 aliphatic rings. The Kier molecular flexibility index (Phi) is 11.7. The van der Waals surface area contributed by atoms with Crippen molar-refractivity contribution in [2.75, 3.05) is 5.75 Å². The lowest BCUT2D eigenvalue weighted by Crippen LogP contribution is -2.40. The number of aromatic nitrogens is 1. The Bertz CT molecular complexity index is 607. The first-order chi connectivity index (χ1) is 13.3. The Hall–Kier alpha value is -1.12. The van der Waals surface area contributed by atoms with Crippen LogP contribution in [0, 0.1) is 5.92 Å². The number of carbonyl (C=O) groups is 2. The summed E-state index contributed by atoms with van der Waals surface area (Å²) in [5.41, 5.74) is -0.0510. The minimum atomic E-state index is -1.10. The molecule has 0 aliphatic heterocycles. The summed E-state index contributed by atoms with van der Waals surface area (Å²) >= 11 is 2.71. The van der Waals surface area contributed by atoms with Crippen molar-refractivity contribution in [3.63, 3.8) is 0 Å². The minimum Gasteiger partial charge on any atom is -0.476 e. The van der Waals surface area contributed by atoms with Gasteiger partial charge in [0.05, 0.1) is 0 Å². The largest absolute Gasteiger partial charge is 0.476 e. The smallest absolute Gasteiger partial charge is 0.355 e. The Morgan fingerprint density at radius 1 is 1.21 bits per heavy atom. The number of hydrogen-bond acceptors (Lipinski definition) is 6. The van der Waals surface area contributed by atoms with Gasteiger partial charge in [-0.3, -0.25) is 9.10 Å². The van der Waals surface area contributed by atoms with Gasteiger partial charge in [0, 0.05) is 30.0 Å². The van der Waals surface area contributed by atoms with Gasteiger partial charge in [-0.1, -0.05) is 47.0 Å². The van der Waals surface area contributed by atoms with Crippen LogP contribution < -0.4 is 0 Å². The Balaban J connectivity index is 2.91. The van der Waals surface area contributed by atoms with Crippen molar-refractivity contribution in [2.45, 2.75) is 84.8 Å². The van der Waals surface area contributed by atoms with Gasteiger partial charge in [0.1, 0.15) is 11.1 Å². The normalized spacial score (nSPS) is 13.5. The zero-order valence-electron chi connectivity index (χ0n) is 17.4. The fourth-order valence-electron chi connectivity index (χ4n) is 2.81. The summed E-state index contributed by atoms with van der Waals surface area (Å²) in [6.07, 6.45) is 5.12. The van der Waals surface area contributed by atoms with E-state index >= 15 is 0 Å². The molecule has 0 fully saturated rings. The molecule has 0 saturated carbocycles. The number of carboxylic acids is 1. The van der Waals surface area contributed by atoms with Crippen LogP contribution in [0.3, 0.4) is 0 Å². The molecule has 0 aromatic carbocycles. The Labute approximate surface area is 176 Å². The van der Waals surface area contributed by atoms with Crippen LogP contribution in [0.5, 0.6) is 0 Å². The molecule has 8 heteroatoms. The zero-order valence-corrected chi connectivity index (χ0v) is 19.0. The second-order valence-electron chi connectivity index (χ2n) is 7.30. The Morgan fingerprint density at radius 2 is 1.89 bits per heavy atom. The third-order valence-electron chi connectivity index (χ3n) is 4.53. The monoisotopic (exact) mass is 430 g/mol. The number of hydrogen-bond donors (Lipinski definition) is 2. The SMILES string of the molecule is CCCCCSN(C(=O)CCCC)C(CC(O)c1nc(C(=O)O)cs1)C(C)C. The molecular formula is C20H34N2O4S2. The summed E-state index contributed by atoms with van der Waals surface area (Å²) in [5, 5.41) is 21.5. The van der Waals surface area contributed by atoms with Crippen LogP contribution in [-0.2, 0) is 4.79 Å². The number of aliphatic hydroxyl groups excluding tert-OH is 1. The van der Waals surface area contributed by atoms with Gasteiger partial charge in [-0.2, -0.15) is 0 Å². The molecule has 28 heavy (non-hydrogen) atoms. The first-order valence-corrected chi connectivity index (χ1v) is 12.0. The quantitative estimate of drug-likeness (QED) is 0.313. The number of unbranched alkanes of at least 4 members (excludes halogenated alkanes) is 3. The van der Waals surface area contributed by atoms with Gasteiger partial charge in [0.15, 0.2) is 5.69 Å². The molecule has 2 N–H and O–H groups in total. The van der Waals surface area contributed by atoms with Gasteiger partial charge in [0.25, 0.3) is 0 Å². The number of carboxylic acid groups (broad SMARTS) is 1. The number of nitrogens with zero attached hydrogens (tertiary/aromatic N) is 2.